The van der Waals surface area contributed by atoms with E-state index in [9.17, 15) is 18.0 Å². The van der Waals surface area contributed by atoms with Crippen molar-refractivity contribution in [2.75, 3.05) is 15.8 Å². The van der Waals surface area contributed by atoms with Crippen molar-refractivity contribution in [1.29, 1.82) is 0 Å². The van der Waals surface area contributed by atoms with Crippen LogP contribution in [-0.4, -0.2) is 35.9 Å². The third-order valence-electron chi connectivity index (χ3n) is 6.02. The number of hydrogen-bond donors (Lipinski definition) is 2. The number of amides is 2. The van der Waals surface area contributed by atoms with Crippen LogP contribution in [0.3, 0.4) is 0 Å². The van der Waals surface area contributed by atoms with Gasteiger partial charge in [-0.15, -0.1) is 11.8 Å². The van der Waals surface area contributed by atoms with E-state index in [1.807, 2.05) is 29.2 Å². The molecule has 1 atom stereocenters. The van der Waals surface area contributed by atoms with Gasteiger partial charge < -0.3 is 10.2 Å². The molecule has 2 amide bonds. The van der Waals surface area contributed by atoms with Crippen molar-refractivity contribution in [2.45, 2.75) is 16.8 Å². The van der Waals surface area contributed by atoms with Gasteiger partial charge in [0, 0.05) is 29.0 Å². The van der Waals surface area contributed by atoms with E-state index in [4.69, 9.17) is 11.6 Å². The van der Waals surface area contributed by atoms with Crippen LogP contribution in [0, 0.1) is 0 Å². The first-order chi connectivity index (χ1) is 18.8. The summed E-state index contributed by atoms with van der Waals surface area (Å²) < 4.78 is 27.6. The molecule has 1 fully saturated rings. The Morgan fingerprint density at radius 2 is 1.69 bits per heavy atom. The van der Waals surface area contributed by atoms with E-state index in [0.717, 1.165) is 11.1 Å². The molecule has 2 heterocycles. The number of carbonyl (C=O) groups is 2. The summed E-state index contributed by atoms with van der Waals surface area (Å²) in [4.78, 5) is 31.2. The van der Waals surface area contributed by atoms with Crippen LogP contribution in [0.2, 0.25) is 5.02 Å². The van der Waals surface area contributed by atoms with Crippen LogP contribution in [0.25, 0.3) is 0 Å². The van der Waals surface area contributed by atoms with Crippen LogP contribution in [0.5, 0.6) is 0 Å². The lowest BCUT2D eigenvalue weighted by atomic mass is 10.1. The first-order valence-corrected chi connectivity index (χ1v) is 14.8. The van der Waals surface area contributed by atoms with Crippen LogP contribution in [0.15, 0.2) is 102 Å². The molecule has 2 N–H and O–H groups in total. The molecule has 0 saturated carbocycles. The third-order valence-corrected chi connectivity index (χ3v) is 8.90. The van der Waals surface area contributed by atoms with Crippen LogP contribution in [0.1, 0.15) is 26.9 Å². The number of pyridine rings is 1. The van der Waals surface area contributed by atoms with Gasteiger partial charge in [-0.2, -0.15) is 0 Å². The van der Waals surface area contributed by atoms with E-state index in [1.54, 1.807) is 54.2 Å². The number of halogens is 1. The van der Waals surface area contributed by atoms with Gasteiger partial charge in [0.05, 0.1) is 10.6 Å². The Hall–Kier alpha value is -3.86. The minimum Gasteiger partial charge on any atom is -0.322 e. The number of hydrogen-bond acceptors (Lipinski definition) is 6. The predicted molar refractivity (Wildman–Crippen MR) is 153 cm³/mol. The van der Waals surface area contributed by atoms with Crippen molar-refractivity contribution in [3.05, 3.63) is 119 Å². The quantitative estimate of drug-likeness (QED) is 0.283. The molecule has 0 unspecified atom stereocenters. The molecule has 1 aliphatic heterocycles. The molecule has 11 heteroatoms. The number of aromatic nitrogens is 1. The van der Waals surface area contributed by atoms with E-state index in [-0.39, 0.29) is 27.9 Å². The molecule has 5 rings (SSSR count). The average Bonchev–Trinajstić information content (AvgIpc) is 3.30. The number of anilines is 2. The molecule has 1 aromatic heterocycles. The molecular formula is C28H23ClN4O4S2. The van der Waals surface area contributed by atoms with Gasteiger partial charge >= 0.3 is 0 Å². The Balaban J connectivity index is 1.23. The summed E-state index contributed by atoms with van der Waals surface area (Å²) in [6.07, 6.45) is 1.49. The molecule has 0 spiro atoms. The second-order valence-electron chi connectivity index (χ2n) is 8.73. The summed E-state index contributed by atoms with van der Waals surface area (Å²) in [6, 6.07) is 25.3. The molecule has 0 bridgehead atoms. The molecule has 198 valence electrons. The van der Waals surface area contributed by atoms with E-state index < -0.39 is 10.0 Å². The fourth-order valence-electron chi connectivity index (χ4n) is 4.03. The summed E-state index contributed by atoms with van der Waals surface area (Å²) >= 11 is 7.53. The number of rotatable bonds is 8. The zero-order chi connectivity index (χ0) is 27.4. The van der Waals surface area contributed by atoms with Gasteiger partial charge in [0.2, 0.25) is 5.91 Å². The molecule has 0 radical (unpaired) electrons. The largest absolute Gasteiger partial charge is 0.322 e. The highest BCUT2D eigenvalue weighted by molar-refractivity contribution is 8.00. The lowest BCUT2D eigenvalue weighted by Crippen LogP contribution is -2.27. The lowest BCUT2D eigenvalue weighted by molar-refractivity contribution is -0.128. The lowest BCUT2D eigenvalue weighted by Gasteiger charge is -2.24. The van der Waals surface area contributed by atoms with Crippen molar-refractivity contribution in [2.24, 2.45) is 0 Å². The summed E-state index contributed by atoms with van der Waals surface area (Å²) in [5.74, 6) is 0.329. The molecule has 39 heavy (non-hydrogen) atoms. The topological polar surface area (TPSA) is 108 Å². The summed E-state index contributed by atoms with van der Waals surface area (Å²) in [6.45, 7) is 0.471. The normalized spacial score (nSPS) is 15.3. The van der Waals surface area contributed by atoms with E-state index >= 15 is 0 Å². The maximum atomic E-state index is 12.8. The molecule has 1 aliphatic rings. The van der Waals surface area contributed by atoms with E-state index in [0.29, 0.717) is 28.6 Å². The van der Waals surface area contributed by atoms with Crippen LogP contribution in [-0.2, 0) is 21.4 Å². The van der Waals surface area contributed by atoms with E-state index in [2.05, 4.69) is 15.0 Å². The predicted octanol–water partition coefficient (Wildman–Crippen LogP) is 5.56. The Morgan fingerprint density at radius 3 is 2.36 bits per heavy atom. The number of sulfonamides is 1. The van der Waals surface area contributed by atoms with Crippen molar-refractivity contribution in [3.8, 4) is 0 Å². The molecule has 4 aromatic rings. The average molecular weight is 579 g/mol. The molecular weight excluding hydrogens is 556 g/mol. The smallest absolute Gasteiger partial charge is 0.263 e. The highest BCUT2D eigenvalue weighted by Crippen LogP contribution is 2.39. The maximum Gasteiger partial charge on any atom is 0.263 e. The highest BCUT2D eigenvalue weighted by atomic mass is 35.5. The van der Waals surface area contributed by atoms with Gasteiger partial charge in [-0.25, -0.2) is 13.4 Å². The minimum absolute atomic E-state index is 0.0438. The summed E-state index contributed by atoms with van der Waals surface area (Å²) in [7, 11) is -3.82. The van der Waals surface area contributed by atoms with Crippen molar-refractivity contribution < 1.29 is 18.0 Å². The Labute approximate surface area is 235 Å². The van der Waals surface area contributed by atoms with Gasteiger partial charge in [-0.1, -0.05) is 41.9 Å². The minimum atomic E-state index is -3.82. The fourth-order valence-corrected chi connectivity index (χ4v) is 6.35. The van der Waals surface area contributed by atoms with Crippen LogP contribution >= 0.6 is 23.4 Å². The monoisotopic (exact) mass is 578 g/mol. The van der Waals surface area contributed by atoms with Crippen molar-refractivity contribution >= 4 is 56.7 Å². The first kappa shape index (κ1) is 26.7. The van der Waals surface area contributed by atoms with Crippen LogP contribution in [0.4, 0.5) is 11.5 Å². The number of benzene rings is 3. The number of nitrogens with zero attached hydrogens (tertiary/aromatic N) is 2. The third kappa shape index (κ3) is 6.42. The van der Waals surface area contributed by atoms with Gasteiger partial charge in [0.15, 0.2) is 0 Å². The molecule has 3 aromatic carbocycles. The van der Waals surface area contributed by atoms with Crippen LogP contribution < -0.4 is 10.0 Å². The van der Waals surface area contributed by atoms with Gasteiger partial charge in [-0.05, 0) is 71.8 Å². The second-order valence-corrected chi connectivity index (χ2v) is 11.9. The fraction of sp³-hybridized carbons (Fsp3) is 0.107. The second kappa shape index (κ2) is 11.5. The van der Waals surface area contributed by atoms with E-state index in [1.165, 1.54) is 30.5 Å². The first-order valence-electron chi connectivity index (χ1n) is 11.9. The SMILES string of the molecule is O=C(Nc1ccc(S(=O)(=O)Nc2ccccn2)cc1)c1ccc([C@@H]2SCC(=O)N2Cc2ccc(Cl)cc2)cc1. The molecule has 0 aliphatic carbocycles. The van der Waals surface area contributed by atoms with Gasteiger partial charge in [0.1, 0.15) is 11.2 Å². The zero-order valence-electron chi connectivity index (χ0n) is 20.5. The molecule has 1 saturated heterocycles. The number of nitrogens with one attached hydrogen (secondary N) is 2. The molecule has 8 nitrogen and oxygen atoms in total. The van der Waals surface area contributed by atoms with Gasteiger partial charge in [-0.3, -0.25) is 14.3 Å². The van der Waals surface area contributed by atoms with Crippen molar-refractivity contribution in [3.63, 3.8) is 0 Å². The summed E-state index contributed by atoms with van der Waals surface area (Å²) in [5.41, 5.74) is 2.80. The standard InChI is InChI=1S/C28H23ClN4O4S2/c29-22-10-4-19(5-11-22)17-33-26(34)18-38-28(33)21-8-6-20(7-9-21)27(35)31-23-12-14-24(15-13-23)39(36,37)32-25-3-1-2-16-30-25/h1-16,28H,17-18H2,(H,30,32)(H,31,35)/t28-/m0/s1. The Bertz CT molecular complexity index is 1580. The Morgan fingerprint density at radius 1 is 0.974 bits per heavy atom. The maximum absolute atomic E-state index is 12.8. The highest BCUT2D eigenvalue weighted by Gasteiger charge is 2.32. The number of carbonyl (C=O) groups excluding carboxylic acids is 2. The number of thioether (sulfide) groups is 1. The van der Waals surface area contributed by atoms with Gasteiger partial charge in [0.25, 0.3) is 15.9 Å². The van der Waals surface area contributed by atoms with Crippen molar-refractivity contribution in [1.82, 2.24) is 9.88 Å². The zero-order valence-corrected chi connectivity index (χ0v) is 22.8. The Kier molecular flexibility index (Phi) is 7.87. The summed E-state index contributed by atoms with van der Waals surface area (Å²) in [5, 5.41) is 3.27.